The molecule has 2 aromatic carbocycles. The van der Waals surface area contributed by atoms with Crippen LogP contribution in [0.1, 0.15) is 34.1 Å². The molecule has 0 saturated carbocycles. The number of nitrogens with zero attached hydrogens (tertiary/aromatic N) is 2. The summed E-state index contributed by atoms with van der Waals surface area (Å²) in [5.41, 5.74) is 3.65. The first-order valence-electron chi connectivity index (χ1n) is 8.12. The summed E-state index contributed by atoms with van der Waals surface area (Å²) in [4.78, 5) is 4.64. The number of ether oxygens (including phenoxy) is 2. The second-order valence-corrected chi connectivity index (χ2v) is 6.97. The second-order valence-electron chi connectivity index (χ2n) is 5.98. The number of aromatic nitrogens is 1. The maximum Gasteiger partial charge on any atom is 0.279 e. The molecule has 2 heterocycles. The summed E-state index contributed by atoms with van der Waals surface area (Å²) in [6, 6.07) is 16.3. The number of aryl methyl sites for hydroxylation is 2. The summed E-state index contributed by atoms with van der Waals surface area (Å²) in [5, 5.41) is 9.34. The first kappa shape index (κ1) is 15.7. The fraction of sp³-hybridized carbons (Fsp3) is 0.200. The minimum Gasteiger partial charge on any atom is -0.485 e. The van der Waals surface area contributed by atoms with Crippen LogP contribution in [0.4, 0.5) is 0 Å². The average molecular weight is 348 g/mol. The zero-order valence-corrected chi connectivity index (χ0v) is 14.5. The highest BCUT2D eigenvalue weighted by atomic mass is 32.1. The van der Waals surface area contributed by atoms with Crippen molar-refractivity contribution < 1.29 is 9.47 Å². The Labute approximate surface area is 150 Å². The summed E-state index contributed by atoms with van der Waals surface area (Å²) in [5.74, 6) is 1.62. The first-order valence-corrected chi connectivity index (χ1v) is 8.93. The Morgan fingerprint density at radius 1 is 1.28 bits per heavy atom. The fourth-order valence-corrected chi connectivity index (χ4v) is 3.64. The largest absolute Gasteiger partial charge is 0.485 e. The molecule has 1 aliphatic rings. The molecule has 0 spiro atoms. The zero-order valence-electron chi connectivity index (χ0n) is 13.7. The predicted octanol–water partition coefficient (Wildman–Crippen LogP) is 5.18. The minimum atomic E-state index is 0.0950. The van der Waals surface area contributed by atoms with E-state index in [4.69, 9.17) is 14.7 Å². The van der Waals surface area contributed by atoms with Crippen LogP contribution in [-0.4, -0.2) is 4.98 Å². The number of benzene rings is 2. The van der Waals surface area contributed by atoms with E-state index in [1.165, 1.54) is 28.7 Å². The van der Waals surface area contributed by atoms with Crippen LogP contribution in [0, 0.1) is 18.3 Å². The average Bonchev–Trinajstić information content (AvgIpc) is 3.09. The highest BCUT2D eigenvalue weighted by Crippen LogP contribution is 2.38. The van der Waals surface area contributed by atoms with Gasteiger partial charge in [0.1, 0.15) is 28.5 Å². The minimum absolute atomic E-state index is 0.0950. The van der Waals surface area contributed by atoms with Gasteiger partial charge in [0.15, 0.2) is 0 Å². The topological polar surface area (TPSA) is 55.1 Å². The van der Waals surface area contributed by atoms with Gasteiger partial charge in [-0.15, -0.1) is 0 Å². The van der Waals surface area contributed by atoms with E-state index in [1.807, 2.05) is 18.2 Å². The van der Waals surface area contributed by atoms with E-state index in [1.54, 1.807) is 0 Å². The third-order valence-corrected chi connectivity index (χ3v) is 5.09. The van der Waals surface area contributed by atoms with Crippen LogP contribution in [0.25, 0.3) is 0 Å². The van der Waals surface area contributed by atoms with E-state index in [9.17, 15) is 0 Å². The lowest BCUT2D eigenvalue weighted by Gasteiger charge is -2.27. The molecule has 4 nitrogen and oxygen atoms in total. The molecule has 0 saturated heterocycles. The molecule has 0 N–H and O–H groups in total. The Bertz CT molecular complexity index is 958. The van der Waals surface area contributed by atoms with Crippen LogP contribution < -0.4 is 9.47 Å². The number of nitriles is 1. The van der Waals surface area contributed by atoms with Crippen LogP contribution in [0.3, 0.4) is 0 Å². The molecule has 0 fully saturated rings. The van der Waals surface area contributed by atoms with E-state index < -0.39 is 0 Å². The molecule has 25 heavy (non-hydrogen) atoms. The van der Waals surface area contributed by atoms with Gasteiger partial charge in [0.05, 0.1) is 6.20 Å². The molecule has 4 rings (SSSR count). The molecule has 1 atom stereocenters. The highest BCUT2D eigenvalue weighted by Gasteiger charge is 2.23. The Hall–Kier alpha value is -2.84. The van der Waals surface area contributed by atoms with Crippen molar-refractivity contribution in [3.8, 4) is 22.8 Å². The second kappa shape index (κ2) is 6.58. The molecule has 5 heteroatoms. The van der Waals surface area contributed by atoms with E-state index in [2.05, 4.69) is 42.2 Å². The fourth-order valence-electron chi connectivity index (χ4n) is 3.05. The zero-order chi connectivity index (χ0) is 17.2. The Balaban J connectivity index is 1.53. The number of fused-ring (bicyclic) bond motifs is 1. The number of thiazole rings is 1. The number of rotatable bonds is 3. The van der Waals surface area contributed by atoms with E-state index in [-0.39, 0.29) is 6.10 Å². The smallest absolute Gasteiger partial charge is 0.279 e. The third-order valence-electron chi connectivity index (χ3n) is 4.31. The van der Waals surface area contributed by atoms with Gasteiger partial charge in [0.25, 0.3) is 5.19 Å². The van der Waals surface area contributed by atoms with Crippen molar-refractivity contribution in [2.24, 2.45) is 0 Å². The summed E-state index contributed by atoms with van der Waals surface area (Å²) < 4.78 is 12.0. The van der Waals surface area contributed by atoms with E-state index in [0.29, 0.717) is 10.1 Å². The van der Waals surface area contributed by atoms with Crippen molar-refractivity contribution in [1.82, 2.24) is 4.98 Å². The Kier molecular flexibility index (Phi) is 4.12. The van der Waals surface area contributed by atoms with Gasteiger partial charge >= 0.3 is 0 Å². The Morgan fingerprint density at radius 3 is 2.96 bits per heavy atom. The molecule has 1 aromatic heterocycles. The first-order chi connectivity index (χ1) is 12.2. The van der Waals surface area contributed by atoms with Gasteiger partial charge in [-0.2, -0.15) is 5.26 Å². The molecule has 0 radical (unpaired) electrons. The SMILES string of the molecule is Cc1ccccc1C1CCc2cc(Oc3ncc(C#N)s3)ccc2O1. The van der Waals surface area contributed by atoms with Crippen molar-refractivity contribution in [3.63, 3.8) is 0 Å². The Morgan fingerprint density at radius 2 is 2.16 bits per heavy atom. The third kappa shape index (κ3) is 3.21. The standard InChI is InChI=1S/C20H16N2O2S/c1-13-4-2-3-5-17(13)19-8-6-14-10-15(7-9-18(14)24-19)23-20-22-12-16(11-21)25-20/h2-5,7,9-10,12,19H,6,8H2,1H3. The van der Waals surface area contributed by atoms with Crippen LogP contribution >= 0.6 is 11.3 Å². The van der Waals surface area contributed by atoms with Crippen molar-refractivity contribution in [2.45, 2.75) is 25.9 Å². The van der Waals surface area contributed by atoms with E-state index >= 15 is 0 Å². The molecule has 124 valence electrons. The summed E-state index contributed by atoms with van der Waals surface area (Å²) >= 11 is 1.24. The molecule has 0 amide bonds. The highest BCUT2D eigenvalue weighted by molar-refractivity contribution is 7.13. The van der Waals surface area contributed by atoms with Crippen LogP contribution in [-0.2, 0) is 6.42 Å². The van der Waals surface area contributed by atoms with Crippen molar-refractivity contribution in [2.75, 3.05) is 0 Å². The van der Waals surface area contributed by atoms with Gasteiger partial charge < -0.3 is 9.47 Å². The molecule has 1 unspecified atom stereocenters. The van der Waals surface area contributed by atoms with Crippen LogP contribution in [0.15, 0.2) is 48.7 Å². The quantitative estimate of drug-likeness (QED) is 0.654. The molecule has 0 aliphatic carbocycles. The molecular weight excluding hydrogens is 332 g/mol. The summed E-state index contributed by atoms with van der Waals surface area (Å²) in [6.45, 7) is 2.12. The lowest BCUT2D eigenvalue weighted by atomic mass is 9.95. The van der Waals surface area contributed by atoms with Crippen LogP contribution in [0.2, 0.25) is 0 Å². The molecular formula is C20H16N2O2S. The maximum absolute atomic E-state index is 8.86. The number of hydrogen-bond donors (Lipinski definition) is 0. The lowest BCUT2D eigenvalue weighted by Crippen LogP contribution is -2.16. The molecule has 3 aromatic rings. The molecule has 1 aliphatic heterocycles. The van der Waals surface area contributed by atoms with Gasteiger partial charge in [-0.05, 0) is 54.7 Å². The van der Waals surface area contributed by atoms with Gasteiger partial charge in [-0.3, -0.25) is 0 Å². The van der Waals surface area contributed by atoms with Crippen molar-refractivity contribution >= 4 is 11.3 Å². The summed E-state index contributed by atoms with van der Waals surface area (Å²) in [6.07, 6.45) is 3.50. The van der Waals surface area contributed by atoms with Gasteiger partial charge in [-0.1, -0.05) is 35.6 Å². The van der Waals surface area contributed by atoms with Gasteiger partial charge in [0, 0.05) is 0 Å². The van der Waals surface area contributed by atoms with Gasteiger partial charge in [0.2, 0.25) is 0 Å². The maximum atomic E-state index is 8.86. The molecule has 0 bridgehead atoms. The monoisotopic (exact) mass is 348 g/mol. The van der Waals surface area contributed by atoms with Crippen molar-refractivity contribution in [3.05, 3.63) is 70.2 Å². The van der Waals surface area contributed by atoms with E-state index in [0.717, 1.165) is 29.9 Å². The van der Waals surface area contributed by atoms with Crippen LogP contribution in [0.5, 0.6) is 16.7 Å². The normalized spacial score (nSPS) is 15.8. The predicted molar refractivity (Wildman–Crippen MR) is 96.2 cm³/mol. The lowest BCUT2D eigenvalue weighted by molar-refractivity contribution is 0.175. The number of hydrogen-bond acceptors (Lipinski definition) is 5. The van der Waals surface area contributed by atoms with Crippen molar-refractivity contribution in [1.29, 1.82) is 5.26 Å². The van der Waals surface area contributed by atoms with Gasteiger partial charge in [-0.25, -0.2) is 4.98 Å². The summed E-state index contributed by atoms with van der Waals surface area (Å²) in [7, 11) is 0.